The van der Waals surface area contributed by atoms with Crippen LogP contribution >= 0.6 is 0 Å². The highest BCUT2D eigenvalue weighted by atomic mass is 19.4. The van der Waals surface area contributed by atoms with Crippen molar-refractivity contribution in [3.8, 4) is 22.9 Å². The molecule has 0 fully saturated rings. The molecule has 0 amide bonds. The lowest BCUT2D eigenvalue weighted by molar-refractivity contribution is -0.275. The molecule has 0 aliphatic carbocycles. The van der Waals surface area contributed by atoms with E-state index in [9.17, 15) is 27.5 Å². The Balaban J connectivity index is 2.04. The van der Waals surface area contributed by atoms with Gasteiger partial charge in [0.15, 0.2) is 11.6 Å². The Bertz CT molecular complexity index is 1060. The maximum absolute atomic E-state index is 13.8. The summed E-state index contributed by atoms with van der Waals surface area (Å²) in [7, 11) is 1.31. The van der Waals surface area contributed by atoms with Gasteiger partial charge in [-0.2, -0.15) is 9.36 Å². The molecule has 0 unspecified atom stereocenters. The maximum atomic E-state index is 13.8. The molecule has 0 saturated carbocycles. The molecule has 0 spiro atoms. The first kappa shape index (κ1) is 19.2. The minimum Gasteiger partial charge on any atom is -0.508 e. The minimum atomic E-state index is -5.01. The van der Waals surface area contributed by atoms with Crippen LogP contribution < -0.4 is 15.2 Å². The second kappa shape index (κ2) is 7.21. The summed E-state index contributed by atoms with van der Waals surface area (Å²) in [5.41, 5.74) is -1.02. The first-order valence-electron chi connectivity index (χ1n) is 7.64. The number of phenols is 1. The largest absolute Gasteiger partial charge is 0.573 e. The van der Waals surface area contributed by atoms with Crippen LogP contribution in [0.25, 0.3) is 5.69 Å². The van der Waals surface area contributed by atoms with E-state index in [0.717, 1.165) is 33.6 Å². The number of phenolic OH excluding ortho intramolecular Hbond substituents is 1. The van der Waals surface area contributed by atoms with E-state index in [1.165, 1.54) is 19.2 Å². The highest BCUT2D eigenvalue weighted by molar-refractivity contribution is 5.49. The van der Waals surface area contributed by atoms with Crippen LogP contribution in [-0.4, -0.2) is 31.3 Å². The predicted molar refractivity (Wildman–Crippen MR) is 85.7 cm³/mol. The van der Waals surface area contributed by atoms with Crippen molar-refractivity contribution in [3.63, 3.8) is 0 Å². The summed E-state index contributed by atoms with van der Waals surface area (Å²) in [6, 6.07) is 6.58. The topological polar surface area (TPSA) is 91.4 Å². The number of aromatic hydroxyl groups is 1. The lowest BCUT2D eigenvalue weighted by Crippen LogP contribution is -2.24. The summed E-state index contributed by atoms with van der Waals surface area (Å²) < 4.78 is 63.0. The first-order chi connectivity index (χ1) is 13.2. The zero-order valence-corrected chi connectivity index (χ0v) is 14.1. The van der Waals surface area contributed by atoms with E-state index in [1.54, 1.807) is 0 Å². The van der Waals surface area contributed by atoms with Gasteiger partial charge in [-0.05, 0) is 34.7 Å². The van der Waals surface area contributed by atoms with E-state index in [2.05, 4.69) is 15.2 Å². The average Bonchev–Trinajstić information content (AvgIpc) is 2.93. The van der Waals surface area contributed by atoms with Gasteiger partial charge in [0, 0.05) is 13.1 Å². The monoisotopic (exact) mass is 400 g/mol. The fourth-order valence-electron chi connectivity index (χ4n) is 2.34. The summed E-state index contributed by atoms with van der Waals surface area (Å²) in [5.74, 6) is -2.25. The number of halogens is 4. The number of rotatable bonds is 5. The third-order valence-corrected chi connectivity index (χ3v) is 3.57. The molecule has 3 aromatic rings. The number of aryl methyl sites for hydroxylation is 1. The van der Waals surface area contributed by atoms with Gasteiger partial charge in [0.05, 0.1) is 11.3 Å². The Labute approximate surface area is 154 Å². The Kier molecular flexibility index (Phi) is 4.94. The zero-order valence-electron chi connectivity index (χ0n) is 14.1. The van der Waals surface area contributed by atoms with Gasteiger partial charge in [-0.15, -0.1) is 13.2 Å². The molecule has 2 aromatic carbocycles. The van der Waals surface area contributed by atoms with Crippen molar-refractivity contribution in [1.82, 2.24) is 19.8 Å². The summed E-state index contributed by atoms with van der Waals surface area (Å²) in [5, 5.41) is 16.3. The van der Waals surface area contributed by atoms with Gasteiger partial charge in [-0.1, -0.05) is 6.07 Å². The molecule has 0 atom stereocenters. The highest BCUT2D eigenvalue weighted by Gasteiger charge is 2.33. The van der Waals surface area contributed by atoms with Crippen molar-refractivity contribution in [2.75, 3.05) is 0 Å². The molecular formula is C16H12F4N4O4. The molecule has 1 heterocycles. The third-order valence-electron chi connectivity index (χ3n) is 3.57. The summed E-state index contributed by atoms with van der Waals surface area (Å²) in [6.45, 7) is -0.591. The number of hydrogen-bond donors (Lipinski definition) is 1. The molecule has 0 aliphatic heterocycles. The fourth-order valence-corrected chi connectivity index (χ4v) is 2.34. The van der Waals surface area contributed by atoms with Crippen molar-refractivity contribution in [3.05, 3.63) is 58.3 Å². The molecule has 0 saturated heterocycles. The second-order valence-corrected chi connectivity index (χ2v) is 5.50. The van der Waals surface area contributed by atoms with Crippen LogP contribution in [-0.2, 0) is 13.7 Å². The molecule has 0 aliphatic rings. The van der Waals surface area contributed by atoms with Gasteiger partial charge >= 0.3 is 12.1 Å². The van der Waals surface area contributed by atoms with Crippen LogP contribution in [0.2, 0.25) is 0 Å². The number of alkyl halides is 3. The van der Waals surface area contributed by atoms with Crippen LogP contribution in [0.3, 0.4) is 0 Å². The van der Waals surface area contributed by atoms with Gasteiger partial charge in [0.1, 0.15) is 18.1 Å². The minimum absolute atomic E-state index is 0.0842. The standard InChI is InChI=1S/C16H12F4N4O4/c1-23-15(26)24(22-21-23)12-3-2-4-13(28-16(18,19)20)10(12)8-27-14-6-5-9(25)7-11(14)17/h2-7,25H,8H2,1H3. The number of aromatic nitrogens is 4. The van der Waals surface area contributed by atoms with Gasteiger partial charge in [0.2, 0.25) is 0 Å². The summed E-state index contributed by atoms with van der Waals surface area (Å²) in [6.07, 6.45) is -5.01. The fraction of sp³-hybridized carbons (Fsp3) is 0.188. The van der Waals surface area contributed by atoms with E-state index < -0.39 is 30.2 Å². The quantitative estimate of drug-likeness (QED) is 0.661. The van der Waals surface area contributed by atoms with E-state index in [0.29, 0.717) is 0 Å². The van der Waals surface area contributed by atoms with Gasteiger partial charge in [0.25, 0.3) is 0 Å². The van der Waals surface area contributed by atoms with E-state index in [-0.39, 0.29) is 22.7 Å². The molecule has 0 radical (unpaired) electrons. The van der Waals surface area contributed by atoms with E-state index in [1.807, 2.05) is 0 Å². The number of hydrogen-bond acceptors (Lipinski definition) is 6. The number of tetrazole rings is 1. The molecule has 1 N–H and O–H groups in total. The Morgan fingerprint density at radius 3 is 2.50 bits per heavy atom. The molecule has 8 nitrogen and oxygen atoms in total. The molecule has 148 valence electrons. The van der Waals surface area contributed by atoms with Crippen LogP contribution in [0.15, 0.2) is 41.2 Å². The van der Waals surface area contributed by atoms with Crippen molar-refractivity contribution in [2.24, 2.45) is 7.05 Å². The van der Waals surface area contributed by atoms with Crippen molar-refractivity contribution in [2.45, 2.75) is 13.0 Å². The first-order valence-corrected chi connectivity index (χ1v) is 7.64. The lowest BCUT2D eigenvalue weighted by atomic mass is 10.1. The smallest absolute Gasteiger partial charge is 0.508 e. The Morgan fingerprint density at radius 2 is 1.89 bits per heavy atom. The SMILES string of the molecule is Cn1nnn(-c2cccc(OC(F)(F)F)c2COc2ccc(O)cc2F)c1=O. The normalized spacial score (nSPS) is 11.5. The molecule has 3 rings (SSSR count). The second-order valence-electron chi connectivity index (χ2n) is 5.50. The van der Waals surface area contributed by atoms with Crippen LogP contribution in [0.4, 0.5) is 17.6 Å². The number of ether oxygens (including phenoxy) is 2. The highest BCUT2D eigenvalue weighted by Crippen LogP contribution is 2.31. The van der Waals surface area contributed by atoms with Gasteiger partial charge in [-0.3, -0.25) is 0 Å². The maximum Gasteiger partial charge on any atom is 0.573 e. The summed E-state index contributed by atoms with van der Waals surface area (Å²) in [4.78, 5) is 12.1. The molecule has 0 bridgehead atoms. The van der Waals surface area contributed by atoms with Crippen molar-refractivity contribution < 1.29 is 32.1 Å². The van der Waals surface area contributed by atoms with Gasteiger partial charge in [-0.25, -0.2) is 9.18 Å². The predicted octanol–water partition coefficient (Wildman–Crippen LogP) is 2.29. The van der Waals surface area contributed by atoms with Gasteiger partial charge < -0.3 is 14.6 Å². The number of benzene rings is 2. The van der Waals surface area contributed by atoms with Crippen LogP contribution in [0.1, 0.15) is 5.56 Å². The molecular weight excluding hydrogens is 388 g/mol. The van der Waals surface area contributed by atoms with Crippen molar-refractivity contribution in [1.29, 1.82) is 0 Å². The van der Waals surface area contributed by atoms with Crippen molar-refractivity contribution >= 4 is 0 Å². The van der Waals surface area contributed by atoms with Crippen LogP contribution in [0.5, 0.6) is 17.2 Å². The van der Waals surface area contributed by atoms with E-state index >= 15 is 0 Å². The van der Waals surface area contributed by atoms with E-state index in [4.69, 9.17) is 4.74 Å². The third kappa shape index (κ3) is 4.05. The Hall–Kier alpha value is -3.57. The molecule has 12 heteroatoms. The average molecular weight is 400 g/mol. The lowest BCUT2D eigenvalue weighted by Gasteiger charge is -2.17. The number of nitrogens with zero attached hydrogens (tertiary/aromatic N) is 4. The Morgan fingerprint density at radius 1 is 1.14 bits per heavy atom. The zero-order chi connectivity index (χ0) is 20.5. The molecule has 28 heavy (non-hydrogen) atoms. The van der Waals surface area contributed by atoms with Crippen LogP contribution in [0, 0.1) is 5.82 Å². The molecule has 1 aromatic heterocycles. The summed E-state index contributed by atoms with van der Waals surface area (Å²) >= 11 is 0.